The summed E-state index contributed by atoms with van der Waals surface area (Å²) in [5.74, 6) is -2.33. The molecule has 0 atom stereocenters. The second-order valence-corrected chi connectivity index (χ2v) is 5.70. The van der Waals surface area contributed by atoms with E-state index in [2.05, 4.69) is 5.32 Å². The first-order chi connectivity index (χ1) is 12.3. The first kappa shape index (κ1) is 17.0. The predicted molar refractivity (Wildman–Crippen MR) is 97.0 cm³/mol. The molecule has 3 rings (SSSR count). The largest absolute Gasteiger partial charge is 0.507 e. The second kappa shape index (κ2) is 6.56. The van der Waals surface area contributed by atoms with Gasteiger partial charge in [-0.2, -0.15) is 0 Å². The lowest BCUT2D eigenvalue weighted by Gasteiger charge is -2.10. The maximum atomic E-state index is 12.5. The third kappa shape index (κ3) is 3.32. The Kier molecular flexibility index (Phi) is 4.28. The van der Waals surface area contributed by atoms with Gasteiger partial charge in [-0.05, 0) is 41.1 Å². The molecule has 0 aromatic heterocycles. The van der Waals surface area contributed by atoms with Gasteiger partial charge in [-0.3, -0.25) is 14.4 Å². The summed E-state index contributed by atoms with van der Waals surface area (Å²) < 4.78 is 0. The van der Waals surface area contributed by atoms with Crippen LogP contribution in [0.25, 0.3) is 10.8 Å². The van der Waals surface area contributed by atoms with E-state index in [-0.39, 0.29) is 28.1 Å². The van der Waals surface area contributed by atoms with Crippen molar-refractivity contribution >= 4 is 34.2 Å². The third-order valence-corrected chi connectivity index (χ3v) is 3.87. The zero-order valence-corrected chi connectivity index (χ0v) is 13.5. The zero-order valence-electron chi connectivity index (χ0n) is 13.5. The molecular formula is C19H15N3O4. The molecule has 7 nitrogen and oxygen atoms in total. The van der Waals surface area contributed by atoms with Crippen LogP contribution in [0.15, 0.2) is 54.6 Å². The SMILES string of the molecule is NC(=O)c1cc(NC(=O)c2cc3ccccc3cc2O)cc(C(N)=O)c1. The first-order valence-corrected chi connectivity index (χ1v) is 7.63. The molecule has 0 spiro atoms. The number of phenols is 1. The highest BCUT2D eigenvalue weighted by Gasteiger charge is 2.15. The number of aromatic hydroxyl groups is 1. The van der Waals surface area contributed by atoms with E-state index in [9.17, 15) is 19.5 Å². The molecule has 0 fully saturated rings. The molecule has 0 saturated carbocycles. The van der Waals surface area contributed by atoms with Crippen LogP contribution >= 0.6 is 0 Å². The number of nitrogens with two attached hydrogens (primary N) is 2. The van der Waals surface area contributed by atoms with E-state index in [1.807, 2.05) is 24.3 Å². The first-order valence-electron chi connectivity index (χ1n) is 7.63. The number of nitrogens with one attached hydrogen (secondary N) is 1. The number of benzene rings is 3. The average molecular weight is 349 g/mol. The van der Waals surface area contributed by atoms with Crippen LogP contribution in [-0.4, -0.2) is 22.8 Å². The molecule has 0 unspecified atom stereocenters. The number of primary amides is 2. The molecule has 0 aliphatic carbocycles. The van der Waals surface area contributed by atoms with Crippen LogP contribution in [0.1, 0.15) is 31.1 Å². The summed E-state index contributed by atoms with van der Waals surface area (Å²) in [6.07, 6.45) is 0. The Hall–Kier alpha value is -3.87. The number of carbonyl (C=O) groups excluding carboxylic acids is 3. The number of hydrogen-bond acceptors (Lipinski definition) is 4. The fourth-order valence-corrected chi connectivity index (χ4v) is 2.59. The second-order valence-electron chi connectivity index (χ2n) is 5.70. The lowest BCUT2D eigenvalue weighted by atomic mass is 10.0. The van der Waals surface area contributed by atoms with Crippen molar-refractivity contribution in [2.45, 2.75) is 0 Å². The standard InChI is InChI=1S/C19H15N3O4/c20-17(24)12-5-13(18(21)25)7-14(6-12)22-19(26)15-8-10-3-1-2-4-11(10)9-16(15)23/h1-9,23H,(H2,20,24)(H2,21,25)(H,22,26). The van der Waals surface area contributed by atoms with E-state index in [1.54, 1.807) is 6.07 Å². The van der Waals surface area contributed by atoms with Gasteiger partial charge in [0, 0.05) is 16.8 Å². The van der Waals surface area contributed by atoms with Crippen molar-refractivity contribution in [3.05, 3.63) is 71.3 Å². The van der Waals surface area contributed by atoms with Gasteiger partial charge in [0.1, 0.15) is 5.75 Å². The maximum absolute atomic E-state index is 12.5. The Bertz CT molecular complexity index is 1030. The maximum Gasteiger partial charge on any atom is 0.259 e. The molecule has 3 amide bonds. The lowest BCUT2D eigenvalue weighted by molar-refractivity contribution is 0.0993. The number of hydrogen-bond donors (Lipinski definition) is 4. The van der Waals surface area contributed by atoms with Gasteiger partial charge in [-0.1, -0.05) is 24.3 Å². The molecule has 0 radical (unpaired) electrons. The summed E-state index contributed by atoms with van der Waals surface area (Å²) in [4.78, 5) is 35.3. The van der Waals surface area contributed by atoms with Crippen LogP contribution < -0.4 is 16.8 Å². The molecule has 7 heteroatoms. The summed E-state index contributed by atoms with van der Waals surface area (Å²) in [7, 11) is 0. The number of phenolic OH excluding ortho intramolecular Hbond substituents is 1. The average Bonchev–Trinajstić information content (AvgIpc) is 2.60. The molecule has 130 valence electrons. The summed E-state index contributed by atoms with van der Waals surface area (Å²) in [6.45, 7) is 0. The van der Waals surface area contributed by atoms with Gasteiger partial charge in [-0.25, -0.2) is 0 Å². The Labute approximate surface area is 148 Å². The van der Waals surface area contributed by atoms with Crippen molar-refractivity contribution in [2.24, 2.45) is 11.5 Å². The molecule has 3 aromatic rings. The lowest BCUT2D eigenvalue weighted by Crippen LogP contribution is -2.18. The van der Waals surface area contributed by atoms with Crippen LogP contribution in [-0.2, 0) is 0 Å². The summed E-state index contributed by atoms with van der Waals surface area (Å²) >= 11 is 0. The normalized spacial score (nSPS) is 10.5. The Morgan fingerprint density at radius 2 is 1.35 bits per heavy atom. The highest BCUT2D eigenvalue weighted by atomic mass is 16.3. The van der Waals surface area contributed by atoms with Crippen molar-refractivity contribution in [1.82, 2.24) is 0 Å². The van der Waals surface area contributed by atoms with Gasteiger partial charge in [-0.15, -0.1) is 0 Å². The number of rotatable bonds is 4. The monoisotopic (exact) mass is 349 g/mol. The van der Waals surface area contributed by atoms with Crippen LogP contribution in [0.2, 0.25) is 0 Å². The topological polar surface area (TPSA) is 136 Å². The molecule has 0 bridgehead atoms. The van der Waals surface area contributed by atoms with Gasteiger partial charge in [0.15, 0.2) is 0 Å². The summed E-state index contributed by atoms with van der Waals surface area (Å²) in [5.41, 5.74) is 10.7. The van der Waals surface area contributed by atoms with Crippen molar-refractivity contribution in [1.29, 1.82) is 0 Å². The highest BCUT2D eigenvalue weighted by molar-refractivity contribution is 6.10. The summed E-state index contributed by atoms with van der Waals surface area (Å²) in [6, 6.07) is 14.2. The van der Waals surface area contributed by atoms with Gasteiger partial charge < -0.3 is 21.9 Å². The van der Waals surface area contributed by atoms with E-state index < -0.39 is 17.7 Å². The van der Waals surface area contributed by atoms with Crippen LogP contribution in [0.3, 0.4) is 0 Å². The van der Waals surface area contributed by atoms with Gasteiger partial charge in [0.05, 0.1) is 5.56 Å². The molecule has 0 heterocycles. The number of amides is 3. The minimum Gasteiger partial charge on any atom is -0.507 e. The minimum atomic E-state index is -0.767. The van der Waals surface area contributed by atoms with Crippen LogP contribution in [0.5, 0.6) is 5.75 Å². The molecule has 0 aliphatic heterocycles. The minimum absolute atomic E-state index is 0.0272. The molecule has 26 heavy (non-hydrogen) atoms. The fourth-order valence-electron chi connectivity index (χ4n) is 2.59. The van der Waals surface area contributed by atoms with Crippen molar-refractivity contribution < 1.29 is 19.5 Å². The van der Waals surface area contributed by atoms with Crippen LogP contribution in [0.4, 0.5) is 5.69 Å². The van der Waals surface area contributed by atoms with E-state index in [4.69, 9.17) is 11.5 Å². The van der Waals surface area contributed by atoms with Gasteiger partial charge in [0.25, 0.3) is 5.91 Å². The van der Waals surface area contributed by atoms with E-state index in [0.29, 0.717) is 0 Å². The predicted octanol–water partition coefficient (Wildman–Crippen LogP) is 2.00. The zero-order chi connectivity index (χ0) is 18.8. The van der Waals surface area contributed by atoms with E-state index in [0.717, 1.165) is 10.8 Å². The number of fused-ring (bicyclic) bond motifs is 1. The molecule has 3 aromatic carbocycles. The van der Waals surface area contributed by atoms with E-state index >= 15 is 0 Å². The van der Waals surface area contributed by atoms with Crippen molar-refractivity contribution in [2.75, 3.05) is 5.32 Å². The Balaban J connectivity index is 1.99. The molecule has 6 N–H and O–H groups in total. The quantitative estimate of drug-likeness (QED) is 0.572. The van der Waals surface area contributed by atoms with Crippen molar-refractivity contribution in [3.63, 3.8) is 0 Å². The van der Waals surface area contributed by atoms with Gasteiger partial charge >= 0.3 is 0 Å². The number of anilines is 1. The Morgan fingerprint density at radius 1 is 0.808 bits per heavy atom. The highest BCUT2D eigenvalue weighted by Crippen LogP contribution is 2.26. The van der Waals surface area contributed by atoms with E-state index in [1.165, 1.54) is 24.3 Å². The molecule has 0 saturated heterocycles. The van der Waals surface area contributed by atoms with Crippen molar-refractivity contribution in [3.8, 4) is 5.75 Å². The summed E-state index contributed by atoms with van der Waals surface area (Å²) in [5, 5.41) is 14.2. The van der Waals surface area contributed by atoms with Gasteiger partial charge in [0.2, 0.25) is 11.8 Å². The fraction of sp³-hybridized carbons (Fsp3) is 0. The smallest absolute Gasteiger partial charge is 0.259 e. The number of carbonyl (C=O) groups is 3. The molecular weight excluding hydrogens is 334 g/mol. The third-order valence-electron chi connectivity index (χ3n) is 3.87. The molecule has 0 aliphatic rings. The van der Waals surface area contributed by atoms with Crippen LogP contribution in [0, 0.1) is 0 Å². The Morgan fingerprint density at radius 3 is 1.88 bits per heavy atom.